The summed E-state index contributed by atoms with van der Waals surface area (Å²) in [6.07, 6.45) is 2.69. The molecule has 2 unspecified atom stereocenters. The molecule has 0 saturated carbocycles. The number of sulfonamides is 1. The van der Waals surface area contributed by atoms with Crippen LogP contribution in [0.4, 0.5) is 0 Å². The minimum absolute atomic E-state index is 0.103. The average Bonchev–Trinajstić information content (AvgIpc) is 3.01. The van der Waals surface area contributed by atoms with E-state index in [4.69, 9.17) is 27.9 Å². The zero-order chi connectivity index (χ0) is 22.8. The van der Waals surface area contributed by atoms with Crippen LogP contribution in [0.5, 0.6) is 0 Å². The SMILES string of the molecule is CCC(C)C1NC2(CCN(S(=O)(=O)c3ccc(Cl)c(Cl)c3)CC2)N(CCCOC)C1=O. The van der Waals surface area contributed by atoms with E-state index in [0.29, 0.717) is 44.1 Å². The normalized spacial score (nSPS) is 22.9. The quantitative estimate of drug-likeness (QED) is 0.564. The molecule has 2 atom stereocenters. The minimum atomic E-state index is -3.69. The van der Waals surface area contributed by atoms with Crippen LogP contribution in [0.3, 0.4) is 0 Å². The second-order valence-corrected chi connectivity index (χ2v) is 11.1. The van der Waals surface area contributed by atoms with Crippen LogP contribution in [0.2, 0.25) is 10.0 Å². The van der Waals surface area contributed by atoms with Crippen molar-refractivity contribution in [2.45, 2.75) is 56.1 Å². The third kappa shape index (κ3) is 4.89. The van der Waals surface area contributed by atoms with Crippen LogP contribution in [0.1, 0.15) is 39.5 Å². The van der Waals surface area contributed by atoms with E-state index in [1.165, 1.54) is 22.5 Å². The molecule has 10 heteroatoms. The fourth-order valence-electron chi connectivity index (χ4n) is 4.42. The lowest BCUT2D eigenvalue weighted by atomic mass is 9.96. The molecule has 1 amide bonds. The highest BCUT2D eigenvalue weighted by Crippen LogP contribution is 2.37. The van der Waals surface area contributed by atoms with E-state index in [-0.39, 0.29) is 27.8 Å². The fraction of sp³-hybridized carbons (Fsp3) is 0.667. The van der Waals surface area contributed by atoms with Gasteiger partial charge in [-0.3, -0.25) is 10.1 Å². The molecular formula is C21H31Cl2N3O4S. The molecule has 7 nitrogen and oxygen atoms in total. The first kappa shape index (κ1) is 24.7. The van der Waals surface area contributed by atoms with Gasteiger partial charge in [0.25, 0.3) is 0 Å². The lowest BCUT2D eigenvalue weighted by Gasteiger charge is -2.44. The van der Waals surface area contributed by atoms with Gasteiger partial charge in [0.2, 0.25) is 15.9 Å². The van der Waals surface area contributed by atoms with Crippen LogP contribution in [-0.4, -0.2) is 68.6 Å². The van der Waals surface area contributed by atoms with Gasteiger partial charge in [0, 0.05) is 33.4 Å². The van der Waals surface area contributed by atoms with Gasteiger partial charge in [0.05, 0.1) is 26.6 Å². The molecule has 1 spiro atoms. The number of benzene rings is 1. The van der Waals surface area contributed by atoms with Gasteiger partial charge in [-0.25, -0.2) is 8.42 Å². The monoisotopic (exact) mass is 491 g/mol. The van der Waals surface area contributed by atoms with Gasteiger partial charge in [-0.05, 0) is 43.4 Å². The highest BCUT2D eigenvalue weighted by Gasteiger charge is 2.53. The Morgan fingerprint density at radius 1 is 1.26 bits per heavy atom. The van der Waals surface area contributed by atoms with Crippen molar-refractivity contribution in [3.63, 3.8) is 0 Å². The molecule has 2 saturated heterocycles. The lowest BCUT2D eigenvalue weighted by Crippen LogP contribution is -2.59. The van der Waals surface area contributed by atoms with E-state index in [9.17, 15) is 13.2 Å². The number of nitrogens with one attached hydrogen (secondary N) is 1. The van der Waals surface area contributed by atoms with Crippen LogP contribution >= 0.6 is 23.2 Å². The number of hydrogen-bond acceptors (Lipinski definition) is 5. The summed E-state index contributed by atoms with van der Waals surface area (Å²) < 4.78 is 32.9. The Kier molecular flexibility index (Phi) is 7.92. The summed E-state index contributed by atoms with van der Waals surface area (Å²) in [5, 5.41) is 4.11. The summed E-state index contributed by atoms with van der Waals surface area (Å²) in [5.41, 5.74) is -0.525. The fourth-order valence-corrected chi connectivity index (χ4v) is 6.25. The zero-order valence-corrected chi connectivity index (χ0v) is 20.6. The molecule has 0 bridgehead atoms. The number of halogens is 2. The zero-order valence-electron chi connectivity index (χ0n) is 18.2. The molecular weight excluding hydrogens is 461 g/mol. The van der Waals surface area contributed by atoms with Crippen LogP contribution in [0.25, 0.3) is 0 Å². The third-order valence-electron chi connectivity index (χ3n) is 6.49. The van der Waals surface area contributed by atoms with Crippen molar-refractivity contribution in [1.82, 2.24) is 14.5 Å². The first-order valence-corrected chi connectivity index (χ1v) is 12.9. The predicted molar refractivity (Wildman–Crippen MR) is 122 cm³/mol. The van der Waals surface area contributed by atoms with Crippen molar-refractivity contribution in [2.75, 3.05) is 33.4 Å². The molecule has 2 aliphatic heterocycles. The molecule has 1 aromatic carbocycles. The number of piperidine rings is 1. The summed E-state index contributed by atoms with van der Waals surface area (Å²) in [4.78, 5) is 15.3. The molecule has 2 heterocycles. The number of nitrogens with zero attached hydrogens (tertiary/aromatic N) is 2. The van der Waals surface area contributed by atoms with E-state index < -0.39 is 15.7 Å². The first-order valence-electron chi connectivity index (χ1n) is 10.7. The van der Waals surface area contributed by atoms with Gasteiger partial charge in [-0.1, -0.05) is 43.5 Å². The van der Waals surface area contributed by atoms with Crippen molar-refractivity contribution in [2.24, 2.45) is 5.92 Å². The first-order chi connectivity index (χ1) is 14.7. The Morgan fingerprint density at radius 2 is 1.94 bits per heavy atom. The molecule has 1 aromatic rings. The van der Waals surface area contributed by atoms with Crippen molar-refractivity contribution >= 4 is 39.1 Å². The maximum Gasteiger partial charge on any atom is 0.243 e. The number of carbonyl (C=O) groups excluding carboxylic acids is 1. The second kappa shape index (κ2) is 9.93. The molecule has 174 valence electrons. The molecule has 2 fully saturated rings. The number of methoxy groups -OCH3 is 1. The molecule has 1 N–H and O–H groups in total. The van der Waals surface area contributed by atoms with Gasteiger partial charge >= 0.3 is 0 Å². The number of rotatable bonds is 8. The third-order valence-corrected chi connectivity index (χ3v) is 9.13. The molecule has 2 aliphatic rings. The molecule has 0 radical (unpaired) electrons. The minimum Gasteiger partial charge on any atom is -0.385 e. The topological polar surface area (TPSA) is 79.0 Å². The van der Waals surface area contributed by atoms with Crippen molar-refractivity contribution < 1.29 is 17.9 Å². The predicted octanol–water partition coefficient (Wildman–Crippen LogP) is 3.36. The maximum absolute atomic E-state index is 13.2. The van der Waals surface area contributed by atoms with E-state index in [2.05, 4.69) is 19.2 Å². The summed E-state index contributed by atoms with van der Waals surface area (Å²) in [6.45, 7) is 5.95. The summed E-state index contributed by atoms with van der Waals surface area (Å²) in [7, 11) is -2.05. The van der Waals surface area contributed by atoms with Crippen molar-refractivity contribution in [3.05, 3.63) is 28.2 Å². The molecule has 3 rings (SSSR count). The summed E-state index contributed by atoms with van der Waals surface area (Å²) in [5.74, 6) is 0.306. The van der Waals surface area contributed by atoms with E-state index >= 15 is 0 Å². The van der Waals surface area contributed by atoms with Crippen LogP contribution in [0, 0.1) is 5.92 Å². The Hall–Kier alpha value is -0.900. The van der Waals surface area contributed by atoms with E-state index in [1.54, 1.807) is 7.11 Å². The summed E-state index contributed by atoms with van der Waals surface area (Å²) >= 11 is 12.0. The molecule has 0 aromatic heterocycles. The van der Waals surface area contributed by atoms with Gasteiger partial charge < -0.3 is 9.64 Å². The van der Waals surface area contributed by atoms with Crippen molar-refractivity contribution in [1.29, 1.82) is 0 Å². The van der Waals surface area contributed by atoms with Crippen molar-refractivity contribution in [3.8, 4) is 0 Å². The second-order valence-electron chi connectivity index (χ2n) is 8.36. The van der Waals surface area contributed by atoms with Crippen LogP contribution < -0.4 is 5.32 Å². The number of hydrogen-bond donors (Lipinski definition) is 1. The molecule has 31 heavy (non-hydrogen) atoms. The van der Waals surface area contributed by atoms with Crippen LogP contribution in [-0.2, 0) is 19.6 Å². The van der Waals surface area contributed by atoms with Crippen LogP contribution in [0.15, 0.2) is 23.1 Å². The largest absolute Gasteiger partial charge is 0.385 e. The summed E-state index contributed by atoms with van der Waals surface area (Å²) in [6, 6.07) is 4.11. The number of carbonyl (C=O) groups is 1. The Balaban J connectivity index is 1.79. The van der Waals surface area contributed by atoms with Gasteiger partial charge in [-0.15, -0.1) is 0 Å². The highest BCUT2D eigenvalue weighted by atomic mass is 35.5. The van der Waals surface area contributed by atoms with Gasteiger partial charge in [0.15, 0.2) is 0 Å². The standard InChI is InChI=1S/C21H31Cl2N3O4S/c1-4-15(2)19-20(27)26(10-5-13-30-3)21(24-19)8-11-25(12-9-21)31(28,29)16-6-7-17(22)18(23)14-16/h6-7,14-15,19,24H,4-5,8-13H2,1-3H3. The lowest BCUT2D eigenvalue weighted by molar-refractivity contribution is -0.134. The smallest absolute Gasteiger partial charge is 0.243 e. The van der Waals surface area contributed by atoms with E-state index in [0.717, 1.165) is 12.8 Å². The van der Waals surface area contributed by atoms with Gasteiger partial charge in [-0.2, -0.15) is 4.31 Å². The highest BCUT2D eigenvalue weighted by molar-refractivity contribution is 7.89. The van der Waals surface area contributed by atoms with Gasteiger partial charge in [0.1, 0.15) is 0 Å². The van der Waals surface area contributed by atoms with E-state index in [1.807, 2.05) is 4.90 Å². The number of amides is 1. The maximum atomic E-state index is 13.2. The Bertz CT molecular complexity index is 904. The number of ether oxygens (including phenoxy) is 1. The Labute approximate surface area is 195 Å². The Morgan fingerprint density at radius 3 is 2.52 bits per heavy atom. The average molecular weight is 492 g/mol. The molecule has 0 aliphatic carbocycles.